The Morgan fingerprint density at radius 3 is 2.80 bits per heavy atom. The second kappa shape index (κ2) is 2.84. The van der Waals surface area contributed by atoms with E-state index < -0.39 is 0 Å². The highest BCUT2D eigenvalue weighted by molar-refractivity contribution is 6.30. The molecule has 0 bridgehead atoms. The topological polar surface area (TPSA) is 35.0 Å². The first kappa shape index (κ1) is 7.28. The number of hydrogen-bond donors (Lipinski definition) is 0. The van der Waals surface area contributed by atoms with E-state index in [9.17, 15) is 0 Å². The number of methoxy groups -OCH3 is 1. The van der Waals surface area contributed by atoms with Crippen molar-refractivity contribution in [2.24, 2.45) is 0 Å². The quantitative estimate of drug-likeness (QED) is 0.621. The fraction of sp³-hybridized carbons (Fsp3) is 0.333. The van der Waals surface area contributed by atoms with E-state index in [0.29, 0.717) is 16.7 Å². The van der Waals surface area contributed by atoms with E-state index in [0.717, 1.165) is 0 Å². The molecule has 1 aromatic rings. The number of hydrogen-bond acceptors (Lipinski definition) is 3. The summed E-state index contributed by atoms with van der Waals surface area (Å²) in [7, 11) is 1.52. The van der Waals surface area contributed by atoms with Crippen LogP contribution in [0, 0.1) is 6.92 Å². The smallest absolute Gasteiger partial charge is 0.233 e. The van der Waals surface area contributed by atoms with E-state index in [-0.39, 0.29) is 0 Å². The van der Waals surface area contributed by atoms with Gasteiger partial charge in [-0.05, 0) is 6.92 Å². The Labute approximate surface area is 64.0 Å². The molecule has 0 aliphatic rings. The Balaban J connectivity index is 3.04. The number of aromatic nitrogens is 2. The van der Waals surface area contributed by atoms with Crippen LogP contribution < -0.4 is 4.74 Å². The van der Waals surface area contributed by atoms with Crippen LogP contribution in [0.5, 0.6) is 5.88 Å². The summed E-state index contributed by atoms with van der Waals surface area (Å²) in [6, 6.07) is 0. The molecule has 1 heterocycles. The van der Waals surface area contributed by atoms with Crippen molar-refractivity contribution in [1.29, 1.82) is 0 Å². The van der Waals surface area contributed by atoms with Crippen LogP contribution in [-0.2, 0) is 0 Å². The minimum atomic E-state index is 0.388. The van der Waals surface area contributed by atoms with E-state index in [4.69, 9.17) is 16.3 Å². The van der Waals surface area contributed by atoms with Gasteiger partial charge in [-0.2, -0.15) is 4.98 Å². The highest BCUT2D eigenvalue weighted by Gasteiger charge is 1.98. The maximum Gasteiger partial charge on any atom is 0.233 e. The molecule has 10 heavy (non-hydrogen) atoms. The normalized spacial score (nSPS) is 9.50. The average Bonchev–Trinajstić information content (AvgIpc) is 1.95. The van der Waals surface area contributed by atoms with Crippen LogP contribution in [0.4, 0.5) is 0 Å². The van der Waals surface area contributed by atoms with Crippen molar-refractivity contribution in [3.05, 3.63) is 17.0 Å². The monoisotopic (exact) mass is 158 g/mol. The SMILES string of the molecule is COc1cnc(C)c(Cl)n1. The Kier molecular flexibility index (Phi) is 2.06. The highest BCUT2D eigenvalue weighted by atomic mass is 35.5. The van der Waals surface area contributed by atoms with Gasteiger partial charge >= 0.3 is 0 Å². The molecule has 0 fully saturated rings. The maximum atomic E-state index is 5.64. The average molecular weight is 159 g/mol. The van der Waals surface area contributed by atoms with Gasteiger partial charge in [0.25, 0.3) is 0 Å². The molecule has 0 atom stereocenters. The lowest BCUT2D eigenvalue weighted by molar-refractivity contribution is 0.395. The Morgan fingerprint density at radius 1 is 1.60 bits per heavy atom. The zero-order valence-corrected chi connectivity index (χ0v) is 6.51. The molecule has 1 rings (SSSR count). The number of aryl methyl sites for hydroxylation is 1. The van der Waals surface area contributed by atoms with Gasteiger partial charge < -0.3 is 4.74 Å². The largest absolute Gasteiger partial charge is 0.480 e. The van der Waals surface area contributed by atoms with Gasteiger partial charge in [-0.1, -0.05) is 11.6 Å². The molecular weight excluding hydrogens is 152 g/mol. The van der Waals surface area contributed by atoms with Crippen LogP contribution in [0.2, 0.25) is 5.15 Å². The molecule has 4 heteroatoms. The van der Waals surface area contributed by atoms with Crippen molar-refractivity contribution in [3.63, 3.8) is 0 Å². The van der Waals surface area contributed by atoms with Gasteiger partial charge in [0.1, 0.15) is 0 Å². The molecule has 0 amide bonds. The molecule has 0 aliphatic carbocycles. The van der Waals surface area contributed by atoms with E-state index in [1.165, 1.54) is 13.3 Å². The predicted octanol–water partition coefficient (Wildman–Crippen LogP) is 1.45. The first-order chi connectivity index (χ1) is 4.74. The van der Waals surface area contributed by atoms with Crippen molar-refractivity contribution in [2.45, 2.75) is 6.92 Å². The predicted molar refractivity (Wildman–Crippen MR) is 38.3 cm³/mol. The summed E-state index contributed by atoms with van der Waals surface area (Å²) in [6.07, 6.45) is 1.53. The Bertz CT molecular complexity index is 239. The van der Waals surface area contributed by atoms with E-state index in [1.54, 1.807) is 6.92 Å². The number of ether oxygens (including phenoxy) is 1. The third kappa shape index (κ3) is 1.36. The summed E-state index contributed by atoms with van der Waals surface area (Å²) in [6.45, 7) is 1.79. The molecule has 1 aromatic heterocycles. The van der Waals surface area contributed by atoms with Gasteiger partial charge in [-0.15, -0.1) is 0 Å². The molecule has 0 aromatic carbocycles. The van der Waals surface area contributed by atoms with Gasteiger partial charge in [0.2, 0.25) is 5.88 Å². The number of nitrogens with zero attached hydrogens (tertiary/aromatic N) is 2. The molecule has 0 spiro atoms. The van der Waals surface area contributed by atoms with Crippen molar-refractivity contribution < 1.29 is 4.74 Å². The molecular formula is C6H7ClN2O. The van der Waals surface area contributed by atoms with Gasteiger partial charge in [0, 0.05) is 0 Å². The van der Waals surface area contributed by atoms with Crippen molar-refractivity contribution in [1.82, 2.24) is 9.97 Å². The lowest BCUT2D eigenvalue weighted by Gasteiger charge is -1.98. The van der Waals surface area contributed by atoms with Gasteiger partial charge in [-0.25, -0.2) is 0 Å². The lowest BCUT2D eigenvalue weighted by Crippen LogP contribution is -1.91. The summed E-state index contributed by atoms with van der Waals surface area (Å²) >= 11 is 5.64. The van der Waals surface area contributed by atoms with E-state index in [2.05, 4.69) is 9.97 Å². The van der Waals surface area contributed by atoms with Crippen LogP contribution in [0.3, 0.4) is 0 Å². The molecule has 0 saturated heterocycles. The zero-order chi connectivity index (χ0) is 7.56. The zero-order valence-electron chi connectivity index (χ0n) is 5.76. The van der Waals surface area contributed by atoms with Crippen molar-refractivity contribution in [2.75, 3.05) is 7.11 Å². The molecule has 0 N–H and O–H groups in total. The maximum absolute atomic E-state index is 5.64. The molecule has 54 valence electrons. The van der Waals surface area contributed by atoms with Crippen molar-refractivity contribution in [3.8, 4) is 5.88 Å². The standard InChI is InChI=1S/C6H7ClN2O/c1-4-6(7)9-5(10-2)3-8-4/h3H,1-2H3. The van der Waals surface area contributed by atoms with Crippen molar-refractivity contribution >= 4 is 11.6 Å². The van der Waals surface area contributed by atoms with E-state index >= 15 is 0 Å². The minimum Gasteiger partial charge on any atom is -0.480 e. The number of rotatable bonds is 1. The summed E-state index contributed by atoms with van der Waals surface area (Å²) < 4.78 is 4.79. The number of halogens is 1. The first-order valence-corrected chi connectivity index (χ1v) is 3.15. The Morgan fingerprint density at radius 2 is 2.30 bits per heavy atom. The molecule has 3 nitrogen and oxygen atoms in total. The van der Waals surface area contributed by atoms with Crippen LogP contribution in [0.15, 0.2) is 6.20 Å². The molecule has 0 saturated carbocycles. The summed E-state index contributed by atoms with van der Waals surface area (Å²) in [4.78, 5) is 7.80. The van der Waals surface area contributed by atoms with Crippen LogP contribution in [0.1, 0.15) is 5.69 Å². The second-order valence-corrected chi connectivity index (χ2v) is 2.15. The first-order valence-electron chi connectivity index (χ1n) is 2.77. The lowest BCUT2D eigenvalue weighted by atomic mass is 10.5. The third-order valence-electron chi connectivity index (χ3n) is 1.08. The molecule has 0 unspecified atom stereocenters. The van der Waals surface area contributed by atoms with Gasteiger partial charge in [0.05, 0.1) is 19.0 Å². The van der Waals surface area contributed by atoms with Crippen LogP contribution in [0.25, 0.3) is 0 Å². The summed E-state index contributed by atoms with van der Waals surface area (Å²) in [5.74, 6) is 0.440. The van der Waals surface area contributed by atoms with E-state index in [1.807, 2.05) is 0 Å². The molecule has 0 aliphatic heterocycles. The van der Waals surface area contributed by atoms with Crippen LogP contribution in [-0.4, -0.2) is 17.1 Å². The molecule has 0 radical (unpaired) electrons. The Hall–Kier alpha value is -0.830. The van der Waals surface area contributed by atoms with Crippen LogP contribution >= 0.6 is 11.6 Å². The highest BCUT2D eigenvalue weighted by Crippen LogP contribution is 2.12. The minimum absolute atomic E-state index is 0.388. The second-order valence-electron chi connectivity index (χ2n) is 1.79. The fourth-order valence-corrected chi connectivity index (χ4v) is 0.642. The van der Waals surface area contributed by atoms with Gasteiger partial charge in [0.15, 0.2) is 5.15 Å². The summed E-state index contributed by atoms with van der Waals surface area (Å²) in [5, 5.41) is 0.388. The fourth-order valence-electron chi connectivity index (χ4n) is 0.510. The third-order valence-corrected chi connectivity index (χ3v) is 1.44. The summed E-state index contributed by atoms with van der Waals surface area (Å²) in [5.41, 5.74) is 0.711. The van der Waals surface area contributed by atoms with Gasteiger partial charge in [-0.3, -0.25) is 4.98 Å².